The molecule has 1 atom stereocenters. The number of hydrogen-bond donors (Lipinski definition) is 0. The Bertz CT molecular complexity index is 743. The molecule has 25 heavy (non-hydrogen) atoms. The molecule has 2 aromatic rings. The van der Waals surface area contributed by atoms with Crippen LogP contribution >= 0.6 is 0 Å². The molecule has 4 rings (SSSR count). The van der Waals surface area contributed by atoms with Gasteiger partial charge in [0.1, 0.15) is 24.9 Å². The average molecular weight is 342 g/mol. The molecule has 1 aromatic heterocycles. The van der Waals surface area contributed by atoms with Crippen molar-refractivity contribution < 1.29 is 9.47 Å². The Kier molecular flexibility index (Phi) is 4.61. The third kappa shape index (κ3) is 3.79. The van der Waals surface area contributed by atoms with Gasteiger partial charge in [-0.25, -0.2) is 9.67 Å². The minimum absolute atomic E-state index is 0.630. The van der Waals surface area contributed by atoms with Crippen molar-refractivity contribution in [1.29, 1.82) is 0 Å². The predicted molar refractivity (Wildman–Crippen MR) is 94.9 cm³/mol. The molecular formula is C19H26N4O2. The molecule has 0 amide bonds. The summed E-state index contributed by atoms with van der Waals surface area (Å²) >= 11 is 0. The van der Waals surface area contributed by atoms with Crippen LogP contribution in [0.15, 0.2) is 18.2 Å². The van der Waals surface area contributed by atoms with Gasteiger partial charge in [-0.1, -0.05) is 6.07 Å². The molecule has 0 bridgehead atoms. The quantitative estimate of drug-likeness (QED) is 0.855. The minimum atomic E-state index is 0.630. The number of ether oxygens (including phenoxy) is 2. The first kappa shape index (κ1) is 16.4. The van der Waals surface area contributed by atoms with Crippen LogP contribution in [-0.4, -0.2) is 46.0 Å². The van der Waals surface area contributed by atoms with Crippen LogP contribution in [-0.2, 0) is 13.1 Å². The molecular weight excluding hydrogens is 316 g/mol. The lowest BCUT2D eigenvalue weighted by Gasteiger charge is -2.33. The summed E-state index contributed by atoms with van der Waals surface area (Å²) in [4.78, 5) is 6.96. The summed E-state index contributed by atoms with van der Waals surface area (Å²) in [5.74, 6) is 4.25. The lowest BCUT2D eigenvalue weighted by molar-refractivity contribution is 0.151. The van der Waals surface area contributed by atoms with Crippen LogP contribution in [0.25, 0.3) is 0 Å². The van der Waals surface area contributed by atoms with Gasteiger partial charge in [0, 0.05) is 19.6 Å². The number of fused-ring (bicyclic) bond motifs is 1. The van der Waals surface area contributed by atoms with Crippen molar-refractivity contribution >= 4 is 0 Å². The van der Waals surface area contributed by atoms with Gasteiger partial charge in [-0.2, -0.15) is 5.10 Å². The van der Waals surface area contributed by atoms with Crippen LogP contribution in [0, 0.1) is 19.8 Å². The molecule has 1 aromatic carbocycles. The molecule has 1 saturated heterocycles. The van der Waals surface area contributed by atoms with E-state index in [1.54, 1.807) is 0 Å². The number of piperidine rings is 1. The fourth-order valence-electron chi connectivity index (χ4n) is 3.87. The van der Waals surface area contributed by atoms with Gasteiger partial charge < -0.3 is 9.47 Å². The molecule has 1 fully saturated rings. The molecule has 3 heterocycles. The van der Waals surface area contributed by atoms with Gasteiger partial charge in [-0.15, -0.1) is 0 Å². The van der Waals surface area contributed by atoms with E-state index in [2.05, 4.69) is 31.8 Å². The van der Waals surface area contributed by atoms with E-state index in [1.165, 1.54) is 18.4 Å². The van der Waals surface area contributed by atoms with E-state index in [0.29, 0.717) is 19.1 Å². The van der Waals surface area contributed by atoms with E-state index in [9.17, 15) is 0 Å². The third-order valence-electron chi connectivity index (χ3n) is 5.01. The van der Waals surface area contributed by atoms with Crippen molar-refractivity contribution in [1.82, 2.24) is 19.7 Å². The zero-order valence-corrected chi connectivity index (χ0v) is 15.1. The van der Waals surface area contributed by atoms with E-state index in [-0.39, 0.29) is 0 Å². The Morgan fingerprint density at radius 3 is 2.80 bits per heavy atom. The summed E-state index contributed by atoms with van der Waals surface area (Å²) in [5.41, 5.74) is 1.29. The molecule has 6 nitrogen and oxygen atoms in total. The monoisotopic (exact) mass is 342 g/mol. The normalized spacial score (nSPS) is 20.6. The highest BCUT2D eigenvalue weighted by molar-refractivity contribution is 5.43. The second-order valence-corrected chi connectivity index (χ2v) is 7.11. The number of nitrogens with zero attached hydrogens (tertiary/aromatic N) is 4. The lowest BCUT2D eigenvalue weighted by atomic mass is 9.97. The highest BCUT2D eigenvalue weighted by atomic mass is 16.6. The van der Waals surface area contributed by atoms with Gasteiger partial charge in [0.25, 0.3) is 0 Å². The SMILES string of the molecule is Cc1nc(C)n(C[C@@H]2CCCN(Cc3ccc4c(c3)OCCO4)C2)n1. The van der Waals surface area contributed by atoms with Crippen LogP contribution < -0.4 is 9.47 Å². The second kappa shape index (κ2) is 7.04. The highest BCUT2D eigenvalue weighted by Gasteiger charge is 2.22. The van der Waals surface area contributed by atoms with Crippen molar-refractivity contribution in [3.63, 3.8) is 0 Å². The van der Waals surface area contributed by atoms with Crippen LogP contribution in [0.3, 0.4) is 0 Å². The number of aryl methyl sites for hydroxylation is 2. The maximum Gasteiger partial charge on any atom is 0.161 e. The second-order valence-electron chi connectivity index (χ2n) is 7.11. The first-order valence-corrected chi connectivity index (χ1v) is 9.16. The van der Waals surface area contributed by atoms with Crippen LogP contribution in [0.1, 0.15) is 30.1 Å². The smallest absolute Gasteiger partial charge is 0.161 e. The van der Waals surface area contributed by atoms with Gasteiger partial charge in [-0.3, -0.25) is 4.90 Å². The van der Waals surface area contributed by atoms with Gasteiger partial charge in [0.05, 0.1) is 0 Å². The molecule has 0 aliphatic carbocycles. The predicted octanol–water partition coefficient (Wildman–Crippen LogP) is 2.58. The molecule has 6 heteroatoms. The Hall–Kier alpha value is -2.08. The number of rotatable bonds is 4. The molecule has 0 radical (unpaired) electrons. The van der Waals surface area contributed by atoms with Crippen molar-refractivity contribution in [2.75, 3.05) is 26.3 Å². The molecule has 134 valence electrons. The average Bonchev–Trinajstić information content (AvgIpc) is 2.92. The molecule has 2 aliphatic rings. The molecule has 0 unspecified atom stereocenters. The highest BCUT2D eigenvalue weighted by Crippen LogP contribution is 2.31. The van der Waals surface area contributed by atoms with E-state index in [1.807, 2.05) is 19.9 Å². The van der Waals surface area contributed by atoms with E-state index in [0.717, 1.165) is 49.3 Å². The minimum Gasteiger partial charge on any atom is -0.486 e. The third-order valence-corrected chi connectivity index (χ3v) is 5.01. The summed E-state index contributed by atoms with van der Waals surface area (Å²) < 4.78 is 13.4. The molecule has 2 aliphatic heterocycles. The molecule has 0 N–H and O–H groups in total. The van der Waals surface area contributed by atoms with Crippen molar-refractivity contribution in [3.05, 3.63) is 35.4 Å². The van der Waals surface area contributed by atoms with Crippen molar-refractivity contribution in [3.8, 4) is 11.5 Å². The van der Waals surface area contributed by atoms with Crippen LogP contribution in [0.2, 0.25) is 0 Å². The standard InChI is InChI=1S/C19H26N4O2/c1-14-20-15(2)23(21-14)13-17-4-3-7-22(12-17)11-16-5-6-18-19(10-16)25-9-8-24-18/h5-6,10,17H,3-4,7-9,11-13H2,1-2H3/t17-/m1/s1. The fourth-order valence-corrected chi connectivity index (χ4v) is 3.87. The lowest BCUT2D eigenvalue weighted by Crippen LogP contribution is -2.36. The van der Waals surface area contributed by atoms with Crippen LogP contribution in [0.5, 0.6) is 11.5 Å². The maximum absolute atomic E-state index is 5.71. The largest absolute Gasteiger partial charge is 0.486 e. The number of likely N-dealkylation sites (tertiary alicyclic amines) is 1. The van der Waals surface area contributed by atoms with E-state index >= 15 is 0 Å². The Labute approximate surface area is 148 Å². The van der Waals surface area contributed by atoms with E-state index < -0.39 is 0 Å². The van der Waals surface area contributed by atoms with Crippen molar-refractivity contribution in [2.45, 2.75) is 39.8 Å². The van der Waals surface area contributed by atoms with Gasteiger partial charge in [0.2, 0.25) is 0 Å². The number of benzene rings is 1. The summed E-state index contributed by atoms with van der Waals surface area (Å²) in [6.45, 7) is 9.45. The van der Waals surface area contributed by atoms with Crippen molar-refractivity contribution in [2.24, 2.45) is 5.92 Å². The van der Waals surface area contributed by atoms with Gasteiger partial charge in [0.15, 0.2) is 11.5 Å². The van der Waals surface area contributed by atoms with Gasteiger partial charge >= 0.3 is 0 Å². The summed E-state index contributed by atoms with van der Waals surface area (Å²) in [5, 5.41) is 4.52. The summed E-state index contributed by atoms with van der Waals surface area (Å²) in [7, 11) is 0. The summed E-state index contributed by atoms with van der Waals surface area (Å²) in [6, 6.07) is 6.32. The van der Waals surface area contributed by atoms with E-state index in [4.69, 9.17) is 9.47 Å². The number of hydrogen-bond acceptors (Lipinski definition) is 5. The topological polar surface area (TPSA) is 52.4 Å². The fraction of sp³-hybridized carbons (Fsp3) is 0.579. The zero-order valence-electron chi connectivity index (χ0n) is 15.1. The maximum atomic E-state index is 5.71. The van der Waals surface area contributed by atoms with Gasteiger partial charge in [-0.05, 0) is 56.8 Å². The molecule has 0 spiro atoms. The first-order valence-electron chi connectivity index (χ1n) is 9.16. The molecule has 0 saturated carbocycles. The Morgan fingerprint density at radius 1 is 1.16 bits per heavy atom. The summed E-state index contributed by atoms with van der Waals surface area (Å²) in [6.07, 6.45) is 2.50. The first-order chi connectivity index (χ1) is 12.2. The van der Waals surface area contributed by atoms with Crippen LogP contribution in [0.4, 0.5) is 0 Å². The zero-order chi connectivity index (χ0) is 17.2. The number of aromatic nitrogens is 3. The Balaban J connectivity index is 1.39. The Morgan fingerprint density at radius 2 is 2.00 bits per heavy atom.